The van der Waals surface area contributed by atoms with Crippen LogP contribution in [0.25, 0.3) is 10.9 Å². The van der Waals surface area contributed by atoms with Crippen LogP contribution in [0.15, 0.2) is 28.7 Å². The Balaban J connectivity index is 1.65. The number of nitrogens with one attached hydrogen (secondary N) is 2. The monoisotopic (exact) mass is 406 g/mol. The molecule has 25 heavy (non-hydrogen) atoms. The summed E-state index contributed by atoms with van der Waals surface area (Å²) in [6, 6.07) is 7.76. The van der Waals surface area contributed by atoms with Gasteiger partial charge in [-0.3, -0.25) is 4.79 Å². The van der Waals surface area contributed by atoms with E-state index in [0.717, 1.165) is 30.2 Å². The zero-order chi connectivity index (χ0) is 18.0. The van der Waals surface area contributed by atoms with Crippen molar-refractivity contribution in [2.75, 3.05) is 0 Å². The fourth-order valence-corrected chi connectivity index (χ4v) is 3.96. The van der Waals surface area contributed by atoms with Crippen LogP contribution >= 0.6 is 15.9 Å². The molecular formula is C19H23BrN2O3. The highest BCUT2D eigenvalue weighted by atomic mass is 79.9. The van der Waals surface area contributed by atoms with Gasteiger partial charge in [0.25, 0.3) is 5.91 Å². The van der Waals surface area contributed by atoms with Crippen molar-refractivity contribution in [2.45, 2.75) is 51.7 Å². The number of aromatic amines is 1. The van der Waals surface area contributed by atoms with E-state index in [9.17, 15) is 9.59 Å². The van der Waals surface area contributed by atoms with Gasteiger partial charge >= 0.3 is 5.97 Å². The van der Waals surface area contributed by atoms with Crippen molar-refractivity contribution in [2.24, 2.45) is 5.92 Å². The predicted molar refractivity (Wildman–Crippen MR) is 100 cm³/mol. The van der Waals surface area contributed by atoms with Gasteiger partial charge < -0.3 is 15.0 Å². The minimum absolute atomic E-state index is 0.169. The topological polar surface area (TPSA) is 71.2 Å². The van der Waals surface area contributed by atoms with Gasteiger partial charge in [0.15, 0.2) is 6.10 Å². The second kappa shape index (κ2) is 7.60. The number of benzene rings is 1. The van der Waals surface area contributed by atoms with Crippen LogP contribution in [0.2, 0.25) is 0 Å². The second-order valence-corrected chi connectivity index (χ2v) is 7.58. The van der Waals surface area contributed by atoms with Crippen molar-refractivity contribution in [3.05, 3.63) is 34.4 Å². The van der Waals surface area contributed by atoms with Crippen molar-refractivity contribution in [3.63, 3.8) is 0 Å². The number of esters is 1. The molecule has 3 atom stereocenters. The molecule has 3 rings (SSSR count). The summed E-state index contributed by atoms with van der Waals surface area (Å²) in [5.41, 5.74) is 1.17. The fraction of sp³-hybridized carbons (Fsp3) is 0.474. The molecular weight excluding hydrogens is 384 g/mol. The molecule has 1 saturated carbocycles. The van der Waals surface area contributed by atoms with E-state index < -0.39 is 12.1 Å². The second-order valence-electron chi connectivity index (χ2n) is 6.78. The Morgan fingerprint density at radius 2 is 2.00 bits per heavy atom. The average Bonchev–Trinajstić information content (AvgIpc) is 2.94. The molecule has 0 saturated heterocycles. The molecule has 1 aromatic carbocycles. The Kier molecular flexibility index (Phi) is 5.47. The summed E-state index contributed by atoms with van der Waals surface area (Å²) in [6.45, 7) is 3.76. The molecule has 5 nitrogen and oxygen atoms in total. The van der Waals surface area contributed by atoms with Crippen LogP contribution < -0.4 is 5.32 Å². The van der Waals surface area contributed by atoms with Gasteiger partial charge in [-0.1, -0.05) is 38.0 Å². The van der Waals surface area contributed by atoms with Gasteiger partial charge in [-0.25, -0.2) is 4.79 Å². The summed E-state index contributed by atoms with van der Waals surface area (Å²) in [7, 11) is 0. The van der Waals surface area contributed by atoms with Gasteiger partial charge in [-0.15, -0.1) is 0 Å². The summed E-state index contributed by atoms with van der Waals surface area (Å²) in [4.78, 5) is 27.9. The van der Waals surface area contributed by atoms with Crippen molar-refractivity contribution in [1.82, 2.24) is 10.3 Å². The Bertz CT molecular complexity index is 786. The molecule has 1 heterocycles. The summed E-state index contributed by atoms with van der Waals surface area (Å²) in [5, 5.41) is 3.93. The number of carbonyl (C=O) groups excluding carboxylic acids is 2. The lowest BCUT2D eigenvalue weighted by atomic mass is 9.86. The molecule has 1 amide bonds. The number of fused-ring (bicyclic) bond motifs is 1. The van der Waals surface area contributed by atoms with E-state index in [2.05, 4.69) is 33.2 Å². The number of hydrogen-bond acceptors (Lipinski definition) is 3. The molecule has 0 aliphatic heterocycles. The number of halogens is 1. The molecule has 1 aliphatic rings. The number of hydrogen-bond donors (Lipinski definition) is 2. The van der Waals surface area contributed by atoms with Crippen molar-refractivity contribution >= 4 is 38.7 Å². The number of H-pyrrole nitrogens is 1. The normalized spacial score (nSPS) is 21.7. The Labute approximate surface area is 155 Å². The number of para-hydroxylation sites is 1. The Morgan fingerprint density at radius 1 is 1.28 bits per heavy atom. The lowest BCUT2D eigenvalue weighted by Crippen LogP contribution is -2.46. The smallest absolute Gasteiger partial charge is 0.356 e. The number of carbonyl (C=O) groups is 2. The lowest BCUT2D eigenvalue weighted by molar-refractivity contribution is -0.130. The SMILES string of the molecule is CC(OC(=O)c1[nH]c2ccccc2c1Br)C(=O)NC1CCCCC1C. The summed E-state index contributed by atoms with van der Waals surface area (Å²) >= 11 is 3.43. The van der Waals surface area contributed by atoms with Crippen LogP contribution in [0.1, 0.15) is 50.0 Å². The molecule has 1 fully saturated rings. The van der Waals surface area contributed by atoms with Crippen LogP contribution in [0, 0.1) is 5.92 Å². The number of rotatable bonds is 4. The number of ether oxygens (including phenoxy) is 1. The lowest BCUT2D eigenvalue weighted by Gasteiger charge is -2.30. The van der Waals surface area contributed by atoms with Crippen molar-refractivity contribution in [3.8, 4) is 0 Å². The third kappa shape index (κ3) is 3.89. The molecule has 1 aromatic heterocycles. The van der Waals surface area contributed by atoms with Gasteiger partial charge in [-0.05, 0) is 47.7 Å². The zero-order valence-electron chi connectivity index (χ0n) is 14.5. The van der Waals surface area contributed by atoms with Gasteiger partial charge in [-0.2, -0.15) is 0 Å². The first-order valence-electron chi connectivity index (χ1n) is 8.75. The minimum atomic E-state index is -0.833. The molecule has 0 spiro atoms. The Morgan fingerprint density at radius 3 is 2.72 bits per heavy atom. The van der Waals surface area contributed by atoms with Crippen molar-refractivity contribution in [1.29, 1.82) is 0 Å². The number of amides is 1. The van der Waals surface area contributed by atoms with Gasteiger partial charge in [0.1, 0.15) is 5.69 Å². The van der Waals surface area contributed by atoms with Crippen molar-refractivity contribution < 1.29 is 14.3 Å². The molecule has 0 radical (unpaired) electrons. The predicted octanol–water partition coefficient (Wildman–Crippen LogP) is 4.17. The maximum atomic E-state index is 12.4. The molecule has 1 aliphatic carbocycles. The van der Waals surface area contributed by atoms with Gasteiger partial charge in [0, 0.05) is 16.9 Å². The van der Waals surface area contributed by atoms with Gasteiger partial charge in [0.2, 0.25) is 0 Å². The fourth-order valence-electron chi connectivity index (χ4n) is 3.35. The minimum Gasteiger partial charge on any atom is -0.448 e. The largest absolute Gasteiger partial charge is 0.448 e. The van der Waals surface area contributed by atoms with E-state index in [4.69, 9.17) is 4.74 Å². The molecule has 3 unspecified atom stereocenters. The molecule has 2 N–H and O–H groups in total. The van der Waals surface area contributed by atoms with Crippen LogP contribution in [0.4, 0.5) is 0 Å². The van der Waals surface area contributed by atoms with Crippen LogP contribution in [0.3, 0.4) is 0 Å². The maximum absolute atomic E-state index is 12.4. The third-order valence-electron chi connectivity index (χ3n) is 4.94. The quantitative estimate of drug-likeness (QED) is 0.748. The molecule has 6 heteroatoms. The highest BCUT2D eigenvalue weighted by Gasteiger charge is 2.27. The van der Waals surface area contributed by atoms with E-state index in [-0.39, 0.29) is 11.9 Å². The highest BCUT2D eigenvalue weighted by Crippen LogP contribution is 2.28. The first kappa shape index (κ1) is 18.0. The highest BCUT2D eigenvalue weighted by molar-refractivity contribution is 9.10. The zero-order valence-corrected chi connectivity index (χ0v) is 16.1. The van der Waals surface area contributed by atoms with E-state index in [0.29, 0.717) is 16.1 Å². The first-order valence-corrected chi connectivity index (χ1v) is 9.54. The average molecular weight is 407 g/mol. The van der Waals surface area contributed by atoms with Crippen LogP contribution in [-0.4, -0.2) is 29.0 Å². The van der Waals surface area contributed by atoms with E-state index >= 15 is 0 Å². The van der Waals surface area contributed by atoms with E-state index in [1.54, 1.807) is 6.92 Å². The summed E-state index contributed by atoms with van der Waals surface area (Å²) in [5.74, 6) is -0.315. The standard InChI is InChI=1S/C19H23BrN2O3/c1-11-7-3-5-9-14(11)22-18(23)12(2)25-19(24)17-16(20)13-8-4-6-10-15(13)21-17/h4,6,8,10-12,14,21H,3,5,7,9H2,1-2H3,(H,22,23). The number of aromatic nitrogens is 1. The maximum Gasteiger partial charge on any atom is 0.356 e. The van der Waals surface area contributed by atoms with Crippen LogP contribution in [0.5, 0.6) is 0 Å². The molecule has 0 bridgehead atoms. The van der Waals surface area contributed by atoms with E-state index in [1.807, 2.05) is 24.3 Å². The van der Waals surface area contributed by atoms with Gasteiger partial charge in [0.05, 0.1) is 4.47 Å². The molecule has 2 aromatic rings. The van der Waals surface area contributed by atoms with E-state index in [1.165, 1.54) is 6.42 Å². The first-order chi connectivity index (χ1) is 12.0. The summed E-state index contributed by atoms with van der Waals surface area (Å²) < 4.78 is 6.03. The summed E-state index contributed by atoms with van der Waals surface area (Å²) in [6.07, 6.45) is 3.63. The molecule has 134 valence electrons. The van der Waals surface area contributed by atoms with Crippen LogP contribution in [-0.2, 0) is 9.53 Å². The third-order valence-corrected chi connectivity index (χ3v) is 5.76. The Hall–Kier alpha value is -1.82.